The molecule has 110 valence electrons. The number of amides is 1. The first-order valence-corrected chi connectivity index (χ1v) is 7.75. The third-order valence-electron chi connectivity index (χ3n) is 2.88. The molecule has 0 radical (unpaired) electrons. The van der Waals surface area contributed by atoms with Gasteiger partial charge in [-0.1, -0.05) is 29.4 Å². The second-order valence-electron chi connectivity index (χ2n) is 4.82. The number of carbonyl (C=O) groups excluding carboxylic acids is 1. The van der Waals surface area contributed by atoms with Crippen LogP contribution in [0.5, 0.6) is 0 Å². The van der Waals surface area contributed by atoms with Crippen molar-refractivity contribution >= 4 is 35.0 Å². The molecule has 1 unspecified atom stereocenters. The van der Waals surface area contributed by atoms with E-state index in [0.29, 0.717) is 0 Å². The smallest absolute Gasteiger partial charge is 0.240 e. The average molecular weight is 321 g/mol. The van der Waals surface area contributed by atoms with Gasteiger partial charge in [0.05, 0.1) is 6.04 Å². The van der Waals surface area contributed by atoms with E-state index in [4.69, 9.17) is 17.3 Å². The van der Waals surface area contributed by atoms with Gasteiger partial charge in [0.1, 0.15) is 0 Å². The number of hydrogen-bond acceptors (Lipinski definition) is 3. The minimum absolute atomic E-state index is 0.195. The van der Waals surface area contributed by atoms with Crippen LogP contribution in [0.15, 0.2) is 52.3 Å². The molecule has 0 bridgehead atoms. The fourth-order valence-electron chi connectivity index (χ4n) is 1.75. The molecular formula is C16H17ClN2OS. The Bertz CT molecular complexity index is 658. The van der Waals surface area contributed by atoms with Crippen molar-refractivity contribution in [2.45, 2.75) is 29.7 Å². The Morgan fingerprint density at radius 2 is 2.05 bits per heavy atom. The van der Waals surface area contributed by atoms with E-state index in [-0.39, 0.29) is 5.91 Å². The zero-order chi connectivity index (χ0) is 15.4. The number of carbonyl (C=O) groups is 1. The molecule has 0 aliphatic carbocycles. The highest BCUT2D eigenvalue weighted by atomic mass is 35.5. The third kappa shape index (κ3) is 4.49. The van der Waals surface area contributed by atoms with E-state index in [1.165, 1.54) is 0 Å². The topological polar surface area (TPSA) is 55.1 Å². The summed E-state index contributed by atoms with van der Waals surface area (Å²) in [6, 6.07) is 13.0. The lowest BCUT2D eigenvalue weighted by atomic mass is 10.2. The van der Waals surface area contributed by atoms with Crippen LogP contribution in [0.2, 0.25) is 5.02 Å². The molecule has 2 rings (SSSR count). The molecule has 21 heavy (non-hydrogen) atoms. The number of aryl methyl sites for hydroxylation is 1. The SMILES string of the molecule is Cc1cc(Cl)ccc1Sc1cccc(NC(=O)C(C)N)c1. The highest BCUT2D eigenvalue weighted by Crippen LogP contribution is 2.32. The van der Waals surface area contributed by atoms with Gasteiger partial charge in [0.25, 0.3) is 0 Å². The Morgan fingerprint density at radius 1 is 1.29 bits per heavy atom. The normalized spacial score (nSPS) is 12.0. The number of halogens is 1. The van der Waals surface area contributed by atoms with Gasteiger partial charge in [0.15, 0.2) is 0 Å². The Balaban J connectivity index is 2.16. The summed E-state index contributed by atoms with van der Waals surface area (Å²) in [6.45, 7) is 3.68. The van der Waals surface area contributed by atoms with Crippen molar-refractivity contribution in [1.82, 2.24) is 0 Å². The first-order valence-electron chi connectivity index (χ1n) is 6.56. The summed E-state index contributed by atoms with van der Waals surface area (Å²) < 4.78 is 0. The predicted molar refractivity (Wildman–Crippen MR) is 89.0 cm³/mol. The van der Waals surface area contributed by atoms with Crippen LogP contribution in [0.4, 0.5) is 5.69 Å². The summed E-state index contributed by atoms with van der Waals surface area (Å²) in [5.74, 6) is -0.195. The lowest BCUT2D eigenvalue weighted by molar-refractivity contribution is -0.117. The van der Waals surface area contributed by atoms with Gasteiger partial charge < -0.3 is 11.1 Å². The number of rotatable bonds is 4. The number of hydrogen-bond donors (Lipinski definition) is 2. The van der Waals surface area contributed by atoms with Crippen LogP contribution in [0.1, 0.15) is 12.5 Å². The van der Waals surface area contributed by atoms with E-state index < -0.39 is 6.04 Å². The molecule has 2 aromatic rings. The van der Waals surface area contributed by atoms with Crippen LogP contribution in [0.3, 0.4) is 0 Å². The minimum Gasteiger partial charge on any atom is -0.325 e. The lowest BCUT2D eigenvalue weighted by Gasteiger charge is -2.10. The van der Waals surface area contributed by atoms with Gasteiger partial charge in [-0.15, -0.1) is 0 Å². The molecule has 0 spiro atoms. The molecule has 0 aliphatic heterocycles. The summed E-state index contributed by atoms with van der Waals surface area (Å²) in [7, 11) is 0. The van der Waals surface area contributed by atoms with Crippen molar-refractivity contribution in [3.63, 3.8) is 0 Å². The van der Waals surface area contributed by atoms with Crippen molar-refractivity contribution in [1.29, 1.82) is 0 Å². The molecule has 0 saturated heterocycles. The summed E-state index contributed by atoms with van der Waals surface area (Å²) in [5, 5.41) is 3.52. The van der Waals surface area contributed by atoms with Gasteiger partial charge in [-0.05, 0) is 55.8 Å². The van der Waals surface area contributed by atoms with Crippen LogP contribution in [0.25, 0.3) is 0 Å². The quantitative estimate of drug-likeness (QED) is 0.892. The maximum Gasteiger partial charge on any atom is 0.240 e. The van der Waals surface area contributed by atoms with Crippen LogP contribution in [-0.2, 0) is 4.79 Å². The van der Waals surface area contributed by atoms with Crippen molar-refractivity contribution in [2.24, 2.45) is 5.73 Å². The zero-order valence-electron chi connectivity index (χ0n) is 11.9. The van der Waals surface area contributed by atoms with Crippen molar-refractivity contribution < 1.29 is 4.79 Å². The van der Waals surface area contributed by atoms with Crippen molar-refractivity contribution in [2.75, 3.05) is 5.32 Å². The van der Waals surface area contributed by atoms with Crippen molar-refractivity contribution in [3.8, 4) is 0 Å². The molecule has 0 aliphatic rings. The van der Waals surface area contributed by atoms with Gasteiger partial charge >= 0.3 is 0 Å². The molecule has 0 heterocycles. The molecule has 1 amide bonds. The Hall–Kier alpha value is -1.49. The molecule has 1 atom stereocenters. The molecule has 0 aromatic heterocycles. The second-order valence-corrected chi connectivity index (χ2v) is 6.37. The summed E-state index contributed by atoms with van der Waals surface area (Å²) in [6.07, 6.45) is 0. The molecular weight excluding hydrogens is 304 g/mol. The summed E-state index contributed by atoms with van der Waals surface area (Å²) >= 11 is 7.59. The van der Waals surface area contributed by atoms with Gasteiger partial charge in [0, 0.05) is 20.5 Å². The number of nitrogens with one attached hydrogen (secondary N) is 1. The first kappa shape index (κ1) is 15.9. The fourth-order valence-corrected chi connectivity index (χ4v) is 2.92. The predicted octanol–water partition coefficient (Wildman–Crippen LogP) is 4.09. The molecule has 3 nitrogen and oxygen atoms in total. The lowest BCUT2D eigenvalue weighted by Crippen LogP contribution is -2.32. The standard InChI is InChI=1S/C16H17ClN2OS/c1-10-8-12(17)6-7-15(10)21-14-5-3-4-13(9-14)19-16(20)11(2)18/h3-9,11H,18H2,1-2H3,(H,19,20). The molecule has 5 heteroatoms. The van der Waals surface area contributed by atoms with Crippen LogP contribution in [0, 0.1) is 6.92 Å². The van der Waals surface area contributed by atoms with E-state index >= 15 is 0 Å². The molecule has 0 fully saturated rings. The van der Waals surface area contributed by atoms with Crippen LogP contribution >= 0.6 is 23.4 Å². The highest BCUT2D eigenvalue weighted by molar-refractivity contribution is 7.99. The van der Waals surface area contributed by atoms with Gasteiger partial charge in [-0.2, -0.15) is 0 Å². The van der Waals surface area contributed by atoms with E-state index in [2.05, 4.69) is 5.32 Å². The number of benzene rings is 2. The number of anilines is 1. The molecule has 3 N–H and O–H groups in total. The maximum atomic E-state index is 11.6. The summed E-state index contributed by atoms with van der Waals surface area (Å²) in [4.78, 5) is 13.8. The first-order chi connectivity index (χ1) is 9.95. The molecule has 2 aromatic carbocycles. The molecule has 0 saturated carbocycles. The highest BCUT2D eigenvalue weighted by Gasteiger charge is 2.08. The third-order valence-corrected chi connectivity index (χ3v) is 4.28. The maximum absolute atomic E-state index is 11.6. The Labute approximate surface area is 133 Å². The van der Waals surface area contributed by atoms with E-state index in [1.54, 1.807) is 18.7 Å². The van der Waals surface area contributed by atoms with E-state index in [0.717, 1.165) is 26.1 Å². The summed E-state index contributed by atoms with van der Waals surface area (Å²) in [5.41, 5.74) is 7.42. The Kier molecular flexibility index (Phi) is 5.28. The van der Waals surface area contributed by atoms with Gasteiger partial charge in [0.2, 0.25) is 5.91 Å². The van der Waals surface area contributed by atoms with Gasteiger partial charge in [-0.3, -0.25) is 4.79 Å². The second kappa shape index (κ2) is 6.98. The Morgan fingerprint density at radius 3 is 2.71 bits per heavy atom. The van der Waals surface area contributed by atoms with E-state index in [9.17, 15) is 4.79 Å². The van der Waals surface area contributed by atoms with Crippen molar-refractivity contribution in [3.05, 3.63) is 53.1 Å². The zero-order valence-corrected chi connectivity index (χ0v) is 13.5. The average Bonchev–Trinajstić information content (AvgIpc) is 2.42. The fraction of sp³-hybridized carbons (Fsp3) is 0.188. The largest absolute Gasteiger partial charge is 0.325 e. The van der Waals surface area contributed by atoms with Crippen LogP contribution < -0.4 is 11.1 Å². The monoisotopic (exact) mass is 320 g/mol. The van der Waals surface area contributed by atoms with Crippen LogP contribution in [-0.4, -0.2) is 11.9 Å². The minimum atomic E-state index is -0.528. The van der Waals surface area contributed by atoms with E-state index in [1.807, 2.05) is 49.4 Å². The number of nitrogens with two attached hydrogens (primary N) is 1. The van der Waals surface area contributed by atoms with Gasteiger partial charge in [-0.25, -0.2) is 0 Å².